The van der Waals surface area contributed by atoms with Crippen molar-refractivity contribution in [2.45, 2.75) is 0 Å². The van der Waals surface area contributed by atoms with Crippen LogP contribution in [-0.4, -0.2) is 70.4 Å². The topological polar surface area (TPSA) is 55.7 Å². The molecule has 0 bridgehead atoms. The van der Waals surface area contributed by atoms with Crippen molar-refractivity contribution in [2.24, 2.45) is 0 Å². The number of likely N-dealkylation sites (N-methyl/N-ethyl adjacent to an activating group) is 1. The van der Waals surface area contributed by atoms with E-state index in [0.29, 0.717) is 6.54 Å². The fourth-order valence-electron chi connectivity index (χ4n) is 0.583. The first kappa shape index (κ1) is 22.5. The smallest absolute Gasteiger partial charge is 0.136 e. The van der Waals surface area contributed by atoms with Crippen LogP contribution in [0.1, 0.15) is 0 Å². The van der Waals surface area contributed by atoms with Crippen molar-refractivity contribution in [3.63, 3.8) is 0 Å². The predicted octanol–water partition coefficient (Wildman–Crippen LogP) is 0.775. The Morgan fingerprint density at radius 2 is 1.94 bits per heavy atom. The highest BCUT2D eigenvalue weighted by atomic mass is 32.2. The number of nitrogens with zero attached hydrogens (tertiary/aromatic N) is 1. The van der Waals surface area contributed by atoms with Crippen LogP contribution in [0, 0.1) is 0 Å². The number of hydrogen-bond donors (Lipinski definition) is 3. The molecule has 8 heteroatoms. The average Bonchev–Trinajstić information content (AvgIpc) is 2.69. The molecular weight excluding hydrogens is 296 g/mol. The summed E-state index contributed by atoms with van der Waals surface area (Å²) in [4.78, 5) is 2.10. The van der Waals surface area contributed by atoms with Gasteiger partial charge in [0.2, 0.25) is 0 Å². The minimum Gasteiger partial charge on any atom is -0.400 e. The Labute approximate surface area is 124 Å². The predicted molar refractivity (Wildman–Crippen MR) is 87.0 cm³/mol. The van der Waals surface area contributed by atoms with Crippen LogP contribution < -0.4 is 5.32 Å². The minimum atomic E-state index is 0.233. The molecule has 0 spiro atoms. The average molecular weight is 317 g/mol. The molecule has 1 fully saturated rings. The molecule has 0 aromatic heterocycles. The third-order valence-electron chi connectivity index (χ3n) is 1.33. The third kappa shape index (κ3) is 22.1. The van der Waals surface area contributed by atoms with Gasteiger partial charge < -0.3 is 20.4 Å². The molecular formula is C9H20N2O2S4. The van der Waals surface area contributed by atoms with Gasteiger partial charge in [0.25, 0.3) is 0 Å². The Balaban J connectivity index is -0.000000174. The maximum Gasteiger partial charge on any atom is 0.136 e. The quantitative estimate of drug-likeness (QED) is 0.646. The molecule has 3 N–H and O–H groups in total. The summed E-state index contributed by atoms with van der Waals surface area (Å²) in [6.07, 6.45) is 0. The van der Waals surface area contributed by atoms with Gasteiger partial charge in [0, 0.05) is 37.3 Å². The van der Waals surface area contributed by atoms with Gasteiger partial charge in [0.1, 0.15) is 4.32 Å². The normalized spacial score (nSPS) is 12.1. The number of nitrogens with one attached hydrogen (secondary N) is 1. The Bertz CT molecular complexity index is 197. The zero-order valence-electron chi connectivity index (χ0n) is 10.3. The van der Waals surface area contributed by atoms with Crippen LogP contribution >= 0.6 is 48.4 Å². The van der Waals surface area contributed by atoms with E-state index in [2.05, 4.69) is 34.7 Å². The summed E-state index contributed by atoms with van der Waals surface area (Å²) >= 11 is 14.6. The van der Waals surface area contributed by atoms with E-state index in [1.54, 1.807) is 18.8 Å². The van der Waals surface area contributed by atoms with Gasteiger partial charge in [-0.05, 0) is 31.5 Å². The molecule has 1 rings (SSSR count). The Hall–Kier alpha value is 0.340. The molecule has 0 unspecified atom stereocenters. The second-order valence-electron chi connectivity index (χ2n) is 2.45. The van der Waals surface area contributed by atoms with E-state index in [4.69, 9.17) is 22.4 Å². The minimum absolute atomic E-state index is 0.233. The Morgan fingerprint density at radius 3 is 2.00 bits per heavy atom. The van der Waals surface area contributed by atoms with E-state index >= 15 is 0 Å². The lowest BCUT2D eigenvalue weighted by molar-refractivity contribution is 0.296. The van der Waals surface area contributed by atoms with Crippen molar-refractivity contribution in [3.8, 4) is 0 Å². The molecule has 0 amide bonds. The monoisotopic (exact) mass is 316 g/mol. The molecule has 1 aliphatic heterocycles. The van der Waals surface area contributed by atoms with Crippen LogP contribution in [-0.2, 0) is 0 Å². The van der Waals surface area contributed by atoms with Crippen molar-refractivity contribution >= 4 is 57.1 Å². The maximum atomic E-state index is 8.00. The lowest BCUT2D eigenvalue weighted by Gasteiger charge is -2.05. The van der Waals surface area contributed by atoms with Crippen molar-refractivity contribution in [3.05, 3.63) is 0 Å². The second-order valence-corrected chi connectivity index (χ2v) is 4.84. The molecule has 0 aromatic rings. The van der Waals surface area contributed by atoms with Crippen LogP contribution in [0.2, 0.25) is 0 Å². The Morgan fingerprint density at radius 1 is 1.47 bits per heavy atom. The summed E-state index contributed by atoms with van der Waals surface area (Å²) in [7, 11) is 4.83. The van der Waals surface area contributed by atoms with Crippen molar-refractivity contribution < 1.29 is 10.2 Å². The largest absolute Gasteiger partial charge is 0.400 e. The number of hydrogen-bond acceptors (Lipinski definition) is 7. The number of thiocarbonyl (C=S) groups is 3. The lowest BCUT2D eigenvalue weighted by Crippen LogP contribution is -2.15. The summed E-state index contributed by atoms with van der Waals surface area (Å²) in [6, 6.07) is 0. The molecule has 17 heavy (non-hydrogen) atoms. The van der Waals surface area contributed by atoms with Crippen molar-refractivity contribution in [1.82, 2.24) is 10.2 Å². The molecule has 0 aromatic carbocycles. The van der Waals surface area contributed by atoms with Crippen molar-refractivity contribution in [1.29, 1.82) is 0 Å². The van der Waals surface area contributed by atoms with E-state index in [-0.39, 0.29) is 6.61 Å². The van der Waals surface area contributed by atoms with E-state index < -0.39 is 0 Å². The van der Waals surface area contributed by atoms with E-state index in [1.807, 2.05) is 11.4 Å². The number of aliphatic hydroxyl groups is 2. The first-order chi connectivity index (χ1) is 8.13. The van der Waals surface area contributed by atoms with E-state index in [9.17, 15) is 0 Å². The Kier molecular flexibility index (Phi) is 28.6. The van der Waals surface area contributed by atoms with Gasteiger partial charge in [-0.2, -0.15) is 0 Å². The molecule has 0 aliphatic carbocycles. The highest BCUT2D eigenvalue weighted by Crippen LogP contribution is 2.14. The van der Waals surface area contributed by atoms with Crippen LogP contribution in [0.4, 0.5) is 0 Å². The van der Waals surface area contributed by atoms with Crippen LogP contribution in [0.3, 0.4) is 0 Å². The van der Waals surface area contributed by atoms with Crippen molar-refractivity contribution in [2.75, 3.05) is 46.7 Å². The van der Waals surface area contributed by atoms with Gasteiger partial charge in [-0.1, -0.05) is 24.0 Å². The zero-order chi connectivity index (χ0) is 14.1. The molecule has 102 valence electrons. The maximum absolute atomic E-state index is 8.00. The van der Waals surface area contributed by atoms with Gasteiger partial charge in [-0.25, -0.2) is 0 Å². The zero-order valence-corrected chi connectivity index (χ0v) is 13.6. The van der Waals surface area contributed by atoms with E-state index in [1.165, 1.54) is 5.75 Å². The fraction of sp³-hybridized carbons (Fsp3) is 0.778. The van der Waals surface area contributed by atoms with Gasteiger partial charge in [-0.3, -0.25) is 0 Å². The molecule has 0 saturated carbocycles. The van der Waals surface area contributed by atoms with Gasteiger partial charge in [0.05, 0.1) is 6.61 Å². The molecule has 4 nitrogen and oxygen atoms in total. The highest BCUT2D eigenvalue weighted by Gasteiger charge is 2.10. The van der Waals surface area contributed by atoms with E-state index in [0.717, 1.165) is 18.0 Å². The van der Waals surface area contributed by atoms with Gasteiger partial charge in [0.15, 0.2) is 0 Å². The number of aliphatic hydroxyl groups excluding tert-OH is 2. The summed E-state index contributed by atoms with van der Waals surface area (Å²) in [5.74, 6) is 1.18. The standard InChI is InChI=1S/C4H7NS2.C3H9NO.CH4O.CS2/c1-5-2-3-7-4(5)6;1-4-2-3-5;1-2;2-1-3/h2-3H2,1H3;4-5H,2-3H2,1H3;2H,1H3;. The summed E-state index contributed by atoms with van der Waals surface area (Å²) < 4.78 is 2.96. The molecule has 1 saturated heterocycles. The number of thioether (sulfide) groups is 1. The first-order valence-electron chi connectivity index (χ1n) is 4.71. The summed E-state index contributed by atoms with van der Waals surface area (Å²) in [5, 5.41) is 17.8. The molecule has 1 heterocycles. The highest BCUT2D eigenvalue weighted by molar-refractivity contribution is 8.23. The SMILES string of the molecule is CN1CCSC1=S.CNCCO.CO.S=C=S. The summed E-state index contributed by atoms with van der Waals surface area (Å²) in [5.41, 5.74) is 0. The second kappa shape index (κ2) is 21.6. The third-order valence-corrected chi connectivity index (χ3v) is 2.94. The molecule has 0 atom stereocenters. The fourth-order valence-corrected chi connectivity index (χ4v) is 1.78. The molecule has 0 radical (unpaired) electrons. The first-order valence-corrected chi connectivity index (χ1v) is 6.92. The van der Waals surface area contributed by atoms with Crippen LogP contribution in [0.15, 0.2) is 0 Å². The van der Waals surface area contributed by atoms with Crippen LogP contribution in [0.25, 0.3) is 0 Å². The van der Waals surface area contributed by atoms with Crippen LogP contribution in [0.5, 0.6) is 0 Å². The lowest BCUT2D eigenvalue weighted by atomic mass is 10.7. The molecule has 1 aliphatic rings. The van der Waals surface area contributed by atoms with Gasteiger partial charge >= 0.3 is 0 Å². The van der Waals surface area contributed by atoms with Gasteiger partial charge in [-0.15, -0.1) is 0 Å². The summed E-state index contributed by atoms with van der Waals surface area (Å²) in [6.45, 7) is 2.06. The number of rotatable bonds is 2.